The summed E-state index contributed by atoms with van der Waals surface area (Å²) in [6.45, 7) is 1.87. The molecule has 0 fully saturated rings. The lowest BCUT2D eigenvalue weighted by Crippen LogP contribution is -2.15. The number of alkyl halides is 3. The summed E-state index contributed by atoms with van der Waals surface area (Å²) >= 11 is 7.58. The van der Waals surface area contributed by atoms with E-state index in [1.807, 2.05) is 25.1 Å². The van der Waals surface area contributed by atoms with Crippen LogP contribution in [0.25, 0.3) is 22.0 Å². The van der Waals surface area contributed by atoms with Crippen molar-refractivity contribution in [2.45, 2.75) is 23.7 Å². The van der Waals surface area contributed by atoms with Gasteiger partial charge in [-0.25, -0.2) is 9.19 Å². The Bertz CT molecular complexity index is 1390. The molecule has 5 nitrogen and oxygen atoms in total. The third-order valence-corrected chi connectivity index (χ3v) is 7.85. The smallest absolute Gasteiger partial charge is 0.416 e. The molecule has 11 heteroatoms. The molecule has 0 spiro atoms. The van der Waals surface area contributed by atoms with Crippen LogP contribution in [0.1, 0.15) is 12.1 Å². The summed E-state index contributed by atoms with van der Waals surface area (Å²) < 4.78 is 60.8. The Kier molecular flexibility index (Phi) is 6.75. The van der Waals surface area contributed by atoms with E-state index < -0.39 is 34.9 Å². The molecule has 1 atom stereocenters. The minimum atomic E-state index is -4.66. The maximum atomic E-state index is 13.0. The predicted octanol–water partition coefficient (Wildman–Crippen LogP) is 6.76. The first-order chi connectivity index (χ1) is 16.1. The van der Waals surface area contributed by atoms with Gasteiger partial charge in [0.1, 0.15) is 25.6 Å². The summed E-state index contributed by atoms with van der Waals surface area (Å²) in [5, 5.41) is 10.7. The number of aliphatic hydroxyl groups is 1. The third kappa shape index (κ3) is 4.84. The van der Waals surface area contributed by atoms with E-state index in [9.17, 15) is 22.5 Å². The van der Waals surface area contributed by atoms with Gasteiger partial charge >= 0.3 is 6.18 Å². The van der Waals surface area contributed by atoms with Gasteiger partial charge in [-0.2, -0.15) is 13.2 Å². The van der Waals surface area contributed by atoms with Crippen molar-refractivity contribution in [2.24, 2.45) is 0 Å². The largest absolute Gasteiger partial charge is 0.508 e. The van der Waals surface area contributed by atoms with Gasteiger partial charge in [0.2, 0.25) is 0 Å². The second-order valence-electron chi connectivity index (χ2n) is 7.36. The number of nitrogens with one attached hydrogen (secondary N) is 1. The highest BCUT2D eigenvalue weighted by Gasteiger charge is 2.36. The number of allylic oxidation sites excluding steroid dienone is 4. The number of fused-ring (bicyclic) bond motifs is 1. The number of hydrogen-bond donors (Lipinski definition) is 2. The molecular weight excluding hydrogens is 509 g/mol. The van der Waals surface area contributed by atoms with E-state index in [1.165, 1.54) is 12.2 Å². The van der Waals surface area contributed by atoms with E-state index in [0.717, 1.165) is 34.1 Å². The van der Waals surface area contributed by atoms with Crippen LogP contribution >= 0.6 is 22.9 Å². The Morgan fingerprint density at radius 2 is 2.00 bits per heavy atom. The third-order valence-electron chi connectivity index (χ3n) is 5.09. The molecule has 1 aliphatic rings. The van der Waals surface area contributed by atoms with Crippen molar-refractivity contribution < 1.29 is 27.2 Å². The van der Waals surface area contributed by atoms with Gasteiger partial charge in [0.25, 0.3) is 0 Å². The van der Waals surface area contributed by atoms with Gasteiger partial charge in [-0.3, -0.25) is 0 Å². The highest BCUT2D eigenvalue weighted by molar-refractivity contribution is 7.85. The average Bonchev–Trinajstić information content (AvgIpc) is 3.05. The highest BCUT2D eigenvalue weighted by atomic mass is 35.5. The maximum absolute atomic E-state index is 13.0. The molecule has 2 heterocycles. The minimum Gasteiger partial charge on any atom is -0.508 e. The van der Waals surface area contributed by atoms with Crippen molar-refractivity contribution in [3.05, 3.63) is 75.6 Å². The van der Waals surface area contributed by atoms with Crippen molar-refractivity contribution in [1.29, 1.82) is 0 Å². The van der Waals surface area contributed by atoms with Crippen LogP contribution in [0.3, 0.4) is 0 Å². The second-order valence-corrected chi connectivity index (χ2v) is 10.4. The van der Waals surface area contributed by atoms with Crippen molar-refractivity contribution in [1.82, 2.24) is 9.71 Å². The Morgan fingerprint density at radius 1 is 1.24 bits per heavy atom. The normalized spacial score (nSPS) is 15.3. The minimum absolute atomic E-state index is 0.0794. The number of aliphatic hydroxyl groups excluding tert-OH is 1. The molecule has 0 saturated carbocycles. The van der Waals surface area contributed by atoms with Crippen LogP contribution in [0.15, 0.2) is 69.8 Å². The fourth-order valence-electron chi connectivity index (χ4n) is 3.48. The van der Waals surface area contributed by atoms with Gasteiger partial charge in [0, 0.05) is 28.4 Å². The number of hydrogen-bond acceptors (Lipinski definition) is 5. The lowest BCUT2D eigenvalue weighted by molar-refractivity contribution is -0.0953. The SMILES string of the molecule is COc1ccc(-c2cc(S(=O)NC3=CC(O)=C(C(F)(F)F)CC=C3)sc2Cl)c2ccc(C)nc12. The molecule has 2 N–H and O–H groups in total. The summed E-state index contributed by atoms with van der Waals surface area (Å²) in [6.07, 6.45) is -1.66. The number of nitrogens with zero attached hydrogens (tertiary/aromatic N) is 1. The zero-order chi connectivity index (χ0) is 24.6. The van der Waals surface area contributed by atoms with Gasteiger partial charge in [-0.1, -0.05) is 23.7 Å². The number of rotatable bonds is 5. The first kappa shape index (κ1) is 24.3. The van der Waals surface area contributed by atoms with E-state index in [2.05, 4.69) is 9.71 Å². The van der Waals surface area contributed by atoms with Crippen LogP contribution in [0.5, 0.6) is 5.75 Å². The number of ether oxygens (including phenoxy) is 1. The standard InChI is InChI=1S/C23H18ClF3N2O3S2/c1-12-6-7-15-14(8-9-19(32-2)21(15)28-12)16-11-20(33-22(16)24)34(31)29-13-4-3-5-17(18(30)10-13)23(25,26)27/h3-4,6-11,29-30H,5H2,1-2H3. The molecule has 0 radical (unpaired) electrons. The fraction of sp³-hybridized carbons (Fsp3) is 0.174. The summed E-state index contributed by atoms with van der Waals surface area (Å²) in [5.74, 6) is -0.313. The van der Waals surface area contributed by atoms with Crippen molar-refractivity contribution in [3.63, 3.8) is 0 Å². The predicted molar refractivity (Wildman–Crippen MR) is 128 cm³/mol. The molecule has 0 bridgehead atoms. The molecule has 1 aromatic carbocycles. The molecule has 1 unspecified atom stereocenters. The van der Waals surface area contributed by atoms with Crippen LogP contribution in [-0.2, 0) is 11.0 Å². The van der Waals surface area contributed by atoms with Crippen LogP contribution in [0, 0.1) is 6.92 Å². The molecule has 4 rings (SSSR count). The first-order valence-corrected chi connectivity index (χ1v) is 12.2. The lowest BCUT2D eigenvalue weighted by Gasteiger charge is -2.10. The summed E-state index contributed by atoms with van der Waals surface area (Å²) in [7, 11) is -0.274. The second kappa shape index (κ2) is 9.44. The summed E-state index contributed by atoms with van der Waals surface area (Å²) in [4.78, 5) is 4.56. The van der Waals surface area contributed by atoms with Crippen LogP contribution in [-0.4, -0.2) is 27.6 Å². The van der Waals surface area contributed by atoms with Crippen LogP contribution < -0.4 is 9.46 Å². The van der Waals surface area contributed by atoms with E-state index in [-0.39, 0.29) is 5.70 Å². The summed E-state index contributed by atoms with van der Waals surface area (Å²) in [6, 6.07) is 9.06. The van der Waals surface area contributed by atoms with Gasteiger partial charge in [0.15, 0.2) is 11.0 Å². The van der Waals surface area contributed by atoms with Crippen LogP contribution in [0.2, 0.25) is 4.34 Å². The molecule has 0 aliphatic heterocycles. The highest BCUT2D eigenvalue weighted by Crippen LogP contribution is 2.42. The molecule has 178 valence electrons. The van der Waals surface area contributed by atoms with Gasteiger partial charge in [0.05, 0.1) is 12.7 Å². The molecule has 0 saturated heterocycles. The van der Waals surface area contributed by atoms with Crippen molar-refractivity contribution >= 4 is 44.8 Å². The zero-order valence-electron chi connectivity index (χ0n) is 17.9. The molecule has 34 heavy (non-hydrogen) atoms. The quantitative estimate of drug-likeness (QED) is 0.385. The zero-order valence-corrected chi connectivity index (χ0v) is 20.3. The molecule has 1 aliphatic carbocycles. The number of benzene rings is 1. The van der Waals surface area contributed by atoms with Crippen molar-refractivity contribution in [2.75, 3.05) is 7.11 Å². The number of aryl methyl sites for hydroxylation is 1. The topological polar surface area (TPSA) is 71.5 Å². The van der Waals surface area contributed by atoms with E-state index >= 15 is 0 Å². The monoisotopic (exact) mass is 526 g/mol. The number of halogens is 4. The fourth-order valence-corrected chi connectivity index (χ4v) is 6.00. The van der Waals surface area contributed by atoms with Crippen LogP contribution in [0.4, 0.5) is 13.2 Å². The summed E-state index contributed by atoms with van der Waals surface area (Å²) in [5.41, 5.74) is 1.92. The maximum Gasteiger partial charge on any atom is 0.416 e. The molecule has 2 aromatic heterocycles. The van der Waals surface area contributed by atoms with E-state index in [0.29, 0.717) is 25.4 Å². The van der Waals surface area contributed by atoms with Gasteiger partial charge < -0.3 is 14.6 Å². The molecular formula is C23H18ClF3N2O3S2. The Labute approximate surface area is 204 Å². The van der Waals surface area contributed by atoms with E-state index in [4.69, 9.17) is 16.3 Å². The number of methoxy groups -OCH3 is 1. The van der Waals surface area contributed by atoms with Crippen molar-refractivity contribution in [3.8, 4) is 16.9 Å². The number of pyridine rings is 1. The number of thiophene rings is 1. The molecule has 0 amide bonds. The Morgan fingerprint density at radius 3 is 2.71 bits per heavy atom. The molecule has 3 aromatic rings. The van der Waals surface area contributed by atoms with Gasteiger partial charge in [-0.05, 0) is 49.2 Å². The lowest BCUT2D eigenvalue weighted by atomic mass is 10.0. The average molecular weight is 527 g/mol. The Balaban J connectivity index is 1.67. The number of aromatic nitrogens is 1. The first-order valence-electron chi connectivity index (χ1n) is 9.88. The Hall–Kier alpha value is -2.82. The van der Waals surface area contributed by atoms with Gasteiger partial charge in [-0.15, -0.1) is 11.3 Å². The van der Waals surface area contributed by atoms with E-state index in [1.54, 1.807) is 19.2 Å².